The van der Waals surface area contributed by atoms with Crippen molar-refractivity contribution < 1.29 is 4.74 Å². The topological polar surface area (TPSA) is 39.1 Å². The molecule has 0 aliphatic heterocycles. The number of methoxy groups -OCH3 is 1. The SMILES string of the molecule is CCCNc1nccn1C(COC)C(C)C. The lowest BCUT2D eigenvalue weighted by atomic mass is 10.1. The van der Waals surface area contributed by atoms with E-state index in [9.17, 15) is 0 Å². The van der Waals surface area contributed by atoms with Crippen LogP contribution in [0.1, 0.15) is 33.2 Å². The van der Waals surface area contributed by atoms with Gasteiger partial charge in [0.25, 0.3) is 0 Å². The van der Waals surface area contributed by atoms with Gasteiger partial charge in [0.2, 0.25) is 5.95 Å². The Balaban J connectivity index is 2.78. The van der Waals surface area contributed by atoms with Crippen molar-refractivity contribution in [2.45, 2.75) is 33.2 Å². The molecule has 1 N–H and O–H groups in total. The second-order valence-corrected chi connectivity index (χ2v) is 4.35. The Morgan fingerprint density at radius 3 is 2.81 bits per heavy atom. The first-order chi connectivity index (χ1) is 7.70. The van der Waals surface area contributed by atoms with Gasteiger partial charge in [-0.25, -0.2) is 4.98 Å². The predicted molar refractivity (Wildman–Crippen MR) is 66.8 cm³/mol. The summed E-state index contributed by atoms with van der Waals surface area (Å²) in [7, 11) is 1.74. The van der Waals surface area contributed by atoms with Gasteiger partial charge in [-0.3, -0.25) is 0 Å². The van der Waals surface area contributed by atoms with E-state index in [-0.39, 0.29) is 0 Å². The summed E-state index contributed by atoms with van der Waals surface area (Å²) < 4.78 is 7.44. The molecular formula is C12H23N3O. The van der Waals surface area contributed by atoms with Crippen LogP contribution in [0.3, 0.4) is 0 Å². The number of rotatable bonds is 7. The molecule has 1 aromatic heterocycles. The normalized spacial score (nSPS) is 13.1. The lowest BCUT2D eigenvalue weighted by Gasteiger charge is -2.23. The third kappa shape index (κ3) is 3.23. The fourth-order valence-electron chi connectivity index (χ4n) is 1.72. The first-order valence-electron chi connectivity index (χ1n) is 5.96. The number of imidazole rings is 1. The van der Waals surface area contributed by atoms with Gasteiger partial charge in [0.15, 0.2) is 0 Å². The van der Waals surface area contributed by atoms with Gasteiger partial charge >= 0.3 is 0 Å². The minimum atomic E-state index is 0.340. The summed E-state index contributed by atoms with van der Waals surface area (Å²) in [5.41, 5.74) is 0. The number of ether oxygens (including phenoxy) is 1. The van der Waals surface area contributed by atoms with E-state index in [1.807, 2.05) is 12.4 Å². The molecule has 0 saturated heterocycles. The highest BCUT2D eigenvalue weighted by molar-refractivity contribution is 5.26. The lowest BCUT2D eigenvalue weighted by Crippen LogP contribution is -2.22. The smallest absolute Gasteiger partial charge is 0.203 e. The van der Waals surface area contributed by atoms with Crippen LogP contribution in [0.5, 0.6) is 0 Å². The van der Waals surface area contributed by atoms with E-state index in [0.717, 1.165) is 25.5 Å². The summed E-state index contributed by atoms with van der Waals surface area (Å²) in [4.78, 5) is 4.34. The maximum absolute atomic E-state index is 5.27. The van der Waals surface area contributed by atoms with E-state index in [1.165, 1.54) is 0 Å². The maximum atomic E-state index is 5.27. The highest BCUT2D eigenvalue weighted by Crippen LogP contribution is 2.21. The van der Waals surface area contributed by atoms with Crippen molar-refractivity contribution >= 4 is 5.95 Å². The molecule has 1 unspecified atom stereocenters. The Labute approximate surface area is 98.0 Å². The molecular weight excluding hydrogens is 202 g/mol. The van der Waals surface area contributed by atoms with Crippen molar-refractivity contribution in [1.82, 2.24) is 9.55 Å². The number of aromatic nitrogens is 2. The van der Waals surface area contributed by atoms with E-state index >= 15 is 0 Å². The zero-order chi connectivity index (χ0) is 12.0. The number of hydrogen-bond acceptors (Lipinski definition) is 3. The first-order valence-corrected chi connectivity index (χ1v) is 5.96. The molecule has 4 heteroatoms. The average Bonchev–Trinajstić information content (AvgIpc) is 2.70. The fraction of sp³-hybridized carbons (Fsp3) is 0.750. The summed E-state index contributed by atoms with van der Waals surface area (Å²) in [6.45, 7) is 8.22. The van der Waals surface area contributed by atoms with Gasteiger partial charge in [0.05, 0.1) is 12.6 Å². The van der Waals surface area contributed by atoms with Crippen molar-refractivity contribution in [2.75, 3.05) is 25.6 Å². The molecule has 0 saturated carbocycles. The molecule has 16 heavy (non-hydrogen) atoms. The van der Waals surface area contributed by atoms with Crippen LogP contribution in [0.15, 0.2) is 12.4 Å². The zero-order valence-electron chi connectivity index (χ0n) is 10.7. The molecule has 0 amide bonds. The molecule has 0 radical (unpaired) electrons. The Hall–Kier alpha value is -1.03. The largest absolute Gasteiger partial charge is 0.383 e. The van der Waals surface area contributed by atoms with E-state index in [2.05, 4.69) is 35.6 Å². The van der Waals surface area contributed by atoms with Gasteiger partial charge in [0, 0.05) is 26.0 Å². The first kappa shape index (κ1) is 13.0. The summed E-state index contributed by atoms with van der Waals surface area (Å²) in [6, 6.07) is 0.340. The zero-order valence-corrected chi connectivity index (χ0v) is 10.7. The van der Waals surface area contributed by atoms with Crippen LogP contribution in [-0.2, 0) is 4.74 Å². The molecule has 0 bridgehead atoms. The van der Waals surface area contributed by atoms with Gasteiger partial charge in [-0.2, -0.15) is 0 Å². The molecule has 4 nitrogen and oxygen atoms in total. The van der Waals surface area contributed by atoms with Crippen molar-refractivity contribution in [3.05, 3.63) is 12.4 Å². The standard InChI is InChI=1S/C12H23N3O/c1-5-6-13-12-14-7-8-15(12)11(9-16-4)10(2)3/h7-8,10-11H,5-6,9H2,1-4H3,(H,13,14). The summed E-state index contributed by atoms with van der Waals surface area (Å²) in [6.07, 6.45) is 4.95. The van der Waals surface area contributed by atoms with Gasteiger partial charge in [0.1, 0.15) is 0 Å². The molecule has 0 fully saturated rings. The molecule has 0 aliphatic rings. The van der Waals surface area contributed by atoms with E-state index in [4.69, 9.17) is 4.74 Å². The van der Waals surface area contributed by atoms with E-state index < -0.39 is 0 Å². The molecule has 1 atom stereocenters. The molecule has 0 spiro atoms. The van der Waals surface area contributed by atoms with E-state index in [0.29, 0.717) is 12.0 Å². The minimum Gasteiger partial charge on any atom is -0.383 e. The van der Waals surface area contributed by atoms with E-state index in [1.54, 1.807) is 7.11 Å². The molecule has 1 heterocycles. The summed E-state index contributed by atoms with van der Waals surface area (Å²) in [5, 5.41) is 3.33. The quantitative estimate of drug-likeness (QED) is 0.775. The molecule has 1 rings (SSSR count). The second-order valence-electron chi connectivity index (χ2n) is 4.35. The minimum absolute atomic E-state index is 0.340. The maximum Gasteiger partial charge on any atom is 0.203 e. The average molecular weight is 225 g/mol. The highest BCUT2D eigenvalue weighted by atomic mass is 16.5. The van der Waals surface area contributed by atoms with Gasteiger partial charge in [-0.1, -0.05) is 20.8 Å². The Morgan fingerprint density at radius 1 is 1.50 bits per heavy atom. The second kappa shape index (κ2) is 6.53. The van der Waals surface area contributed by atoms with Crippen LogP contribution < -0.4 is 5.32 Å². The number of nitrogens with one attached hydrogen (secondary N) is 1. The monoisotopic (exact) mass is 225 g/mol. The van der Waals surface area contributed by atoms with Crippen LogP contribution in [0.2, 0.25) is 0 Å². The third-order valence-corrected chi connectivity index (χ3v) is 2.67. The molecule has 0 aromatic carbocycles. The molecule has 92 valence electrons. The van der Waals surface area contributed by atoms with Crippen LogP contribution in [0, 0.1) is 5.92 Å². The van der Waals surface area contributed by atoms with Crippen molar-refractivity contribution in [2.24, 2.45) is 5.92 Å². The summed E-state index contributed by atoms with van der Waals surface area (Å²) >= 11 is 0. The molecule has 1 aromatic rings. The molecule has 0 aliphatic carbocycles. The lowest BCUT2D eigenvalue weighted by molar-refractivity contribution is 0.134. The van der Waals surface area contributed by atoms with Crippen LogP contribution in [0.25, 0.3) is 0 Å². The Morgan fingerprint density at radius 2 is 2.25 bits per heavy atom. The number of anilines is 1. The van der Waals surface area contributed by atoms with Gasteiger partial charge < -0.3 is 14.6 Å². The third-order valence-electron chi connectivity index (χ3n) is 2.67. The fourth-order valence-corrected chi connectivity index (χ4v) is 1.72. The number of hydrogen-bond donors (Lipinski definition) is 1. The van der Waals surface area contributed by atoms with Crippen LogP contribution in [0.4, 0.5) is 5.95 Å². The van der Waals surface area contributed by atoms with Crippen LogP contribution in [-0.4, -0.2) is 29.8 Å². The summed E-state index contributed by atoms with van der Waals surface area (Å²) in [5.74, 6) is 1.47. The van der Waals surface area contributed by atoms with Gasteiger partial charge in [-0.05, 0) is 12.3 Å². The van der Waals surface area contributed by atoms with Crippen molar-refractivity contribution in [3.8, 4) is 0 Å². The predicted octanol–water partition coefficient (Wildman–Crippen LogP) is 2.55. The van der Waals surface area contributed by atoms with Gasteiger partial charge in [-0.15, -0.1) is 0 Å². The number of nitrogens with zero attached hydrogens (tertiary/aromatic N) is 2. The van der Waals surface area contributed by atoms with Crippen LogP contribution >= 0.6 is 0 Å². The highest BCUT2D eigenvalue weighted by Gasteiger charge is 2.17. The Kier molecular flexibility index (Phi) is 5.32. The van der Waals surface area contributed by atoms with Crippen molar-refractivity contribution in [3.63, 3.8) is 0 Å². The Bertz CT molecular complexity index is 296. The van der Waals surface area contributed by atoms with Crippen molar-refractivity contribution in [1.29, 1.82) is 0 Å².